The van der Waals surface area contributed by atoms with E-state index in [0.29, 0.717) is 29.9 Å². The van der Waals surface area contributed by atoms with Crippen LogP contribution in [0.4, 0.5) is 0 Å². The number of carbonyl (C=O) groups is 1. The maximum Gasteiger partial charge on any atom is 0.336 e. The molecule has 4 rings (SSSR count). The lowest BCUT2D eigenvalue weighted by atomic mass is 9.98. The van der Waals surface area contributed by atoms with Crippen LogP contribution >= 0.6 is 0 Å². The Bertz CT molecular complexity index is 1210. The SMILES string of the molecule is CC=CCn1nc(-c2ccccc2)nc1Cc1ccc(-c2ccccc2C(=O)O)cc1. The van der Waals surface area contributed by atoms with Crippen LogP contribution < -0.4 is 0 Å². The highest BCUT2D eigenvalue weighted by Gasteiger charge is 2.13. The van der Waals surface area contributed by atoms with Crippen molar-refractivity contribution in [1.82, 2.24) is 14.8 Å². The highest BCUT2D eigenvalue weighted by molar-refractivity contribution is 5.95. The zero-order valence-electron chi connectivity index (χ0n) is 17.3. The van der Waals surface area contributed by atoms with Crippen molar-refractivity contribution < 1.29 is 9.90 Å². The molecule has 0 saturated carbocycles. The van der Waals surface area contributed by atoms with Gasteiger partial charge in [0.2, 0.25) is 0 Å². The molecule has 0 atom stereocenters. The first-order valence-electron chi connectivity index (χ1n) is 10.2. The van der Waals surface area contributed by atoms with E-state index in [1.165, 1.54) is 0 Å². The number of nitrogens with zero attached hydrogens (tertiary/aromatic N) is 3. The van der Waals surface area contributed by atoms with Crippen molar-refractivity contribution in [3.05, 3.63) is 108 Å². The Balaban J connectivity index is 1.62. The first-order valence-corrected chi connectivity index (χ1v) is 10.2. The van der Waals surface area contributed by atoms with Crippen LogP contribution in [0, 0.1) is 0 Å². The number of aromatic nitrogens is 3. The molecule has 0 aliphatic carbocycles. The van der Waals surface area contributed by atoms with E-state index >= 15 is 0 Å². The maximum atomic E-state index is 11.5. The van der Waals surface area contributed by atoms with Crippen molar-refractivity contribution in [3.63, 3.8) is 0 Å². The minimum Gasteiger partial charge on any atom is -0.478 e. The predicted octanol–water partition coefficient (Wildman–Crippen LogP) is 5.48. The summed E-state index contributed by atoms with van der Waals surface area (Å²) in [6.45, 7) is 2.65. The Morgan fingerprint density at radius 2 is 1.65 bits per heavy atom. The summed E-state index contributed by atoms with van der Waals surface area (Å²) in [4.78, 5) is 16.3. The summed E-state index contributed by atoms with van der Waals surface area (Å²) in [5.74, 6) is 0.674. The first-order chi connectivity index (χ1) is 15.2. The van der Waals surface area contributed by atoms with Gasteiger partial charge in [-0.3, -0.25) is 0 Å². The van der Waals surface area contributed by atoms with Crippen LogP contribution in [0.3, 0.4) is 0 Å². The van der Waals surface area contributed by atoms with Crippen molar-refractivity contribution in [2.45, 2.75) is 19.9 Å². The Kier molecular flexibility index (Phi) is 6.03. The average molecular weight is 409 g/mol. The third-order valence-corrected chi connectivity index (χ3v) is 5.08. The molecule has 0 amide bonds. The number of benzene rings is 3. The van der Waals surface area contributed by atoms with Crippen LogP contribution in [0.2, 0.25) is 0 Å². The zero-order valence-corrected chi connectivity index (χ0v) is 17.3. The lowest BCUT2D eigenvalue weighted by molar-refractivity contribution is 0.0697. The second-order valence-corrected chi connectivity index (χ2v) is 7.19. The summed E-state index contributed by atoms with van der Waals surface area (Å²) >= 11 is 0. The second kappa shape index (κ2) is 9.22. The molecule has 31 heavy (non-hydrogen) atoms. The predicted molar refractivity (Wildman–Crippen MR) is 122 cm³/mol. The zero-order chi connectivity index (χ0) is 21.6. The molecule has 0 bridgehead atoms. The molecule has 5 heteroatoms. The number of hydrogen-bond donors (Lipinski definition) is 1. The van der Waals surface area contributed by atoms with E-state index in [2.05, 4.69) is 6.08 Å². The number of allylic oxidation sites excluding steroid dienone is 2. The number of rotatable bonds is 7. The Labute approximate surface area is 181 Å². The van der Waals surface area contributed by atoms with Crippen molar-refractivity contribution in [2.75, 3.05) is 0 Å². The van der Waals surface area contributed by atoms with E-state index in [1.54, 1.807) is 12.1 Å². The molecule has 1 aromatic heterocycles. The molecule has 0 radical (unpaired) electrons. The van der Waals surface area contributed by atoms with E-state index in [-0.39, 0.29) is 0 Å². The highest BCUT2D eigenvalue weighted by Crippen LogP contribution is 2.25. The molecule has 0 spiro atoms. The Morgan fingerprint density at radius 3 is 2.35 bits per heavy atom. The lowest BCUT2D eigenvalue weighted by Crippen LogP contribution is -2.05. The van der Waals surface area contributed by atoms with Crippen LogP contribution in [0.1, 0.15) is 28.7 Å². The Hall–Kier alpha value is -3.99. The van der Waals surface area contributed by atoms with Crippen molar-refractivity contribution in [3.8, 4) is 22.5 Å². The quantitative estimate of drug-likeness (QED) is 0.411. The largest absolute Gasteiger partial charge is 0.478 e. The number of carboxylic acids is 1. The minimum absolute atomic E-state index is 0.300. The number of aromatic carboxylic acids is 1. The fourth-order valence-electron chi connectivity index (χ4n) is 3.47. The fraction of sp³-hybridized carbons (Fsp3) is 0.115. The molecule has 0 fully saturated rings. The average Bonchev–Trinajstić information content (AvgIpc) is 3.21. The smallest absolute Gasteiger partial charge is 0.336 e. The van der Waals surface area contributed by atoms with Crippen LogP contribution in [0.5, 0.6) is 0 Å². The van der Waals surface area contributed by atoms with Gasteiger partial charge in [-0.05, 0) is 29.7 Å². The molecule has 0 saturated heterocycles. The third-order valence-electron chi connectivity index (χ3n) is 5.08. The standard InChI is InChI=1S/C26H23N3O2/c1-2-3-17-29-24(27-25(28-29)21-9-5-4-6-10-21)18-19-13-15-20(16-14-19)22-11-7-8-12-23(22)26(30)31/h2-16H,17-18H2,1H3,(H,30,31). The summed E-state index contributed by atoms with van der Waals surface area (Å²) in [6, 6.07) is 25.0. The van der Waals surface area contributed by atoms with Gasteiger partial charge in [-0.1, -0.05) is 84.9 Å². The van der Waals surface area contributed by atoms with E-state index in [1.807, 2.05) is 84.4 Å². The summed E-state index contributed by atoms with van der Waals surface area (Å²) < 4.78 is 1.93. The van der Waals surface area contributed by atoms with Gasteiger partial charge in [0.15, 0.2) is 5.82 Å². The van der Waals surface area contributed by atoms with E-state index in [4.69, 9.17) is 10.1 Å². The fourth-order valence-corrected chi connectivity index (χ4v) is 3.47. The molecule has 3 aromatic carbocycles. The summed E-state index contributed by atoms with van der Waals surface area (Å²) in [5.41, 5.74) is 3.97. The summed E-state index contributed by atoms with van der Waals surface area (Å²) in [7, 11) is 0. The first kappa shape index (κ1) is 20.3. The van der Waals surface area contributed by atoms with Crippen LogP contribution in [-0.4, -0.2) is 25.8 Å². The number of hydrogen-bond acceptors (Lipinski definition) is 3. The van der Waals surface area contributed by atoms with Gasteiger partial charge >= 0.3 is 5.97 Å². The Morgan fingerprint density at radius 1 is 0.935 bits per heavy atom. The molecule has 0 aliphatic heterocycles. The molecule has 154 valence electrons. The van der Waals surface area contributed by atoms with Gasteiger partial charge in [-0.2, -0.15) is 5.10 Å². The topological polar surface area (TPSA) is 68.0 Å². The van der Waals surface area contributed by atoms with Gasteiger partial charge in [-0.15, -0.1) is 0 Å². The maximum absolute atomic E-state index is 11.5. The molecule has 1 N–H and O–H groups in total. The van der Waals surface area contributed by atoms with Gasteiger partial charge in [0, 0.05) is 12.0 Å². The van der Waals surface area contributed by atoms with Crippen molar-refractivity contribution >= 4 is 5.97 Å². The van der Waals surface area contributed by atoms with E-state index in [9.17, 15) is 9.90 Å². The van der Waals surface area contributed by atoms with Crippen molar-refractivity contribution in [2.24, 2.45) is 0 Å². The second-order valence-electron chi connectivity index (χ2n) is 7.19. The monoisotopic (exact) mass is 409 g/mol. The van der Waals surface area contributed by atoms with Gasteiger partial charge < -0.3 is 5.11 Å². The van der Waals surface area contributed by atoms with Gasteiger partial charge in [0.25, 0.3) is 0 Å². The van der Waals surface area contributed by atoms with Crippen LogP contribution in [-0.2, 0) is 13.0 Å². The third kappa shape index (κ3) is 4.61. The molecular formula is C26H23N3O2. The normalized spacial score (nSPS) is 11.1. The van der Waals surface area contributed by atoms with Crippen molar-refractivity contribution in [1.29, 1.82) is 0 Å². The number of carboxylic acid groups (broad SMARTS) is 1. The molecule has 5 nitrogen and oxygen atoms in total. The van der Waals surface area contributed by atoms with Gasteiger partial charge in [0.1, 0.15) is 5.82 Å². The van der Waals surface area contributed by atoms with Gasteiger partial charge in [-0.25, -0.2) is 14.5 Å². The molecule has 1 heterocycles. The van der Waals surface area contributed by atoms with Crippen LogP contribution in [0.25, 0.3) is 22.5 Å². The molecular weight excluding hydrogens is 386 g/mol. The lowest BCUT2D eigenvalue weighted by Gasteiger charge is -2.08. The summed E-state index contributed by atoms with van der Waals surface area (Å²) in [5, 5.41) is 14.1. The summed E-state index contributed by atoms with van der Waals surface area (Å²) in [6.07, 6.45) is 4.69. The molecule has 0 aliphatic rings. The van der Waals surface area contributed by atoms with E-state index in [0.717, 1.165) is 22.5 Å². The van der Waals surface area contributed by atoms with Crippen LogP contribution in [0.15, 0.2) is 91.0 Å². The highest BCUT2D eigenvalue weighted by atomic mass is 16.4. The molecule has 0 unspecified atom stereocenters. The molecule has 4 aromatic rings. The van der Waals surface area contributed by atoms with E-state index < -0.39 is 5.97 Å². The minimum atomic E-state index is -0.926. The van der Waals surface area contributed by atoms with Gasteiger partial charge in [0.05, 0.1) is 12.1 Å².